The number of ether oxygens (including phenoxy) is 1. The van der Waals surface area contributed by atoms with Gasteiger partial charge in [-0.25, -0.2) is 0 Å². The lowest BCUT2D eigenvalue weighted by molar-refractivity contribution is -0.151. The molecule has 8 nitrogen and oxygen atoms in total. The molecule has 1 atom stereocenters. The number of benzene rings is 1. The molecular weight excluding hydrogens is 420 g/mol. The van der Waals surface area contributed by atoms with Crippen LogP contribution in [0.15, 0.2) is 24.3 Å². The Hall–Kier alpha value is -2.61. The Bertz CT molecular complexity index is 847. The van der Waals surface area contributed by atoms with E-state index in [-0.39, 0.29) is 30.1 Å². The number of para-hydroxylation sites is 2. The molecule has 2 aliphatic heterocycles. The zero-order chi connectivity index (χ0) is 23.2. The summed E-state index contributed by atoms with van der Waals surface area (Å²) in [6, 6.07) is 7.42. The predicted molar refractivity (Wildman–Crippen MR) is 126 cm³/mol. The van der Waals surface area contributed by atoms with Crippen molar-refractivity contribution in [2.75, 3.05) is 51.3 Å². The smallest absolute Gasteiger partial charge is 0.243 e. The second kappa shape index (κ2) is 11.0. The van der Waals surface area contributed by atoms with Crippen LogP contribution in [0.4, 0.5) is 5.69 Å². The highest BCUT2D eigenvalue weighted by molar-refractivity contribution is 6.03. The van der Waals surface area contributed by atoms with E-state index in [4.69, 9.17) is 4.74 Å². The molecule has 1 N–H and O–H groups in total. The minimum atomic E-state index is -0.644. The van der Waals surface area contributed by atoms with E-state index in [9.17, 15) is 14.4 Å². The predicted octanol–water partition coefficient (Wildman–Crippen LogP) is 2.03. The number of carbonyl (C=O) groups excluding carboxylic acids is 3. The van der Waals surface area contributed by atoms with Gasteiger partial charge in [0.25, 0.3) is 0 Å². The van der Waals surface area contributed by atoms with Crippen LogP contribution >= 0.6 is 0 Å². The monoisotopic (exact) mass is 456 g/mol. The lowest BCUT2D eigenvalue weighted by Gasteiger charge is -2.36. The molecule has 0 unspecified atom stereocenters. The van der Waals surface area contributed by atoms with Gasteiger partial charge < -0.3 is 15.0 Å². The highest BCUT2D eigenvalue weighted by atomic mass is 16.5. The number of carbonyl (C=O) groups is 3. The zero-order valence-corrected chi connectivity index (χ0v) is 19.6. The molecule has 1 aliphatic carbocycles. The van der Waals surface area contributed by atoms with Gasteiger partial charge in [-0.3, -0.25) is 24.2 Å². The van der Waals surface area contributed by atoms with Gasteiger partial charge in [-0.1, -0.05) is 31.4 Å². The number of nitrogens with one attached hydrogen (secondary N) is 1. The van der Waals surface area contributed by atoms with E-state index in [1.807, 2.05) is 18.2 Å². The lowest BCUT2D eigenvalue weighted by Crippen LogP contribution is -2.52. The number of piperazine rings is 1. The summed E-state index contributed by atoms with van der Waals surface area (Å²) in [6.45, 7) is 4.88. The standard InChI is InChI=1S/C25H36N4O4/c1-33-22-10-6-5-9-20(22)28-17-15-27(16-18-28)14-13-26-24(31)21-11-12-23(30)29(21)25(32)19-7-3-2-4-8-19/h5-6,9-10,19,21H,2-4,7-8,11-18H2,1H3,(H,26,31)/t21-/m0/s1. The van der Waals surface area contributed by atoms with Gasteiger partial charge in [-0.05, 0) is 31.4 Å². The molecule has 1 saturated carbocycles. The van der Waals surface area contributed by atoms with Gasteiger partial charge in [0.2, 0.25) is 17.7 Å². The fourth-order valence-electron chi connectivity index (χ4n) is 5.31. The summed E-state index contributed by atoms with van der Waals surface area (Å²) in [5.74, 6) is 0.257. The summed E-state index contributed by atoms with van der Waals surface area (Å²) in [6.07, 6.45) is 5.58. The highest BCUT2D eigenvalue weighted by Gasteiger charge is 2.42. The first kappa shape index (κ1) is 23.5. The van der Waals surface area contributed by atoms with Gasteiger partial charge in [0.15, 0.2) is 0 Å². The Morgan fingerprint density at radius 1 is 1.03 bits per heavy atom. The molecule has 3 amide bonds. The van der Waals surface area contributed by atoms with Gasteiger partial charge in [0.1, 0.15) is 11.8 Å². The van der Waals surface area contributed by atoms with Crippen molar-refractivity contribution >= 4 is 23.4 Å². The number of anilines is 1. The van der Waals surface area contributed by atoms with Gasteiger partial charge in [-0.2, -0.15) is 0 Å². The molecule has 3 aliphatic rings. The van der Waals surface area contributed by atoms with E-state index in [0.29, 0.717) is 13.0 Å². The first-order chi connectivity index (χ1) is 16.1. The van der Waals surface area contributed by atoms with Crippen LogP contribution in [-0.2, 0) is 14.4 Å². The van der Waals surface area contributed by atoms with Crippen LogP contribution in [0.5, 0.6) is 5.75 Å². The Kier molecular flexibility index (Phi) is 7.85. The largest absolute Gasteiger partial charge is 0.495 e. The number of amides is 3. The molecule has 1 aromatic carbocycles. The van der Waals surface area contributed by atoms with E-state index < -0.39 is 6.04 Å². The minimum absolute atomic E-state index is 0.101. The third kappa shape index (κ3) is 5.49. The number of hydrogen-bond donors (Lipinski definition) is 1. The van der Waals surface area contributed by atoms with Crippen molar-refractivity contribution in [3.63, 3.8) is 0 Å². The maximum atomic E-state index is 12.9. The van der Waals surface area contributed by atoms with Crippen LogP contribution in [0.2, 0.25) is 0 Å². The zero-order valence-electron chi connectivity index (χ0n) is 19.6. The number of hydrogen-bond acceptors (Lipinski definition) is 6. The molecule has 8 heteroatoms. The van der Waals surface area contributed by atoms with Crippen molar-refractivity contribution in [1.82, 2.24) is 15.1 Å². The molecule has 1 aromatic rings. The van der Waals surface area contributed by atoms with Crippen molar-refractivity contribution in [2.45, 2.75) is 51.0 Å². The van der Waals surface area contributed by atoms with Crippen LogP contribution in [0.25, 0.3) is 0 Å². The number of methoxy groups -OCH3 is 1. The molecule has 0 bridgehead atoms. The maximum absolute atomic E-state index is 12.9. The van der Waals surface area contributed by atoms with E-state index in [0.717, 1.165) is 76.3 Å². The molecular formula is C25H36N4O4. The van der Waals surface area contributed by atoms with Crippen LogP contribution < -0.4 is 15.0 Å². The van der Waals surface area contributed by atoms with E-state index in [1.165, 1.54) is 4.90 Å². The van der Waals surface area contributed by atoms with Crippen LogP contribution in [0.1, 0.15) is 44.9 Å². The Balaban J connectivity index is 1.23. The third-order valence-electron chi connectivity index (χ3n) is 7.23. The summed E-state index contributed by atoms with van der Waals surface area (Å²) < 4.78 is 5.48. The van der Waals surface area contributed by atoms with E-state index in [1.54, 1.807) is 7.11 Å². The van der Waals surface area contributed by atoms with E-state index in [2.05, 4.69) is 21.2 Å². The van der Waals surface area contributed by atoms with Gasteiger partial charge in [-0.15, -0.1) is 0 Å². The van der Waals surface area contributed by atoms with Crippen LogP contribution in [0, 0.1) is 5.92 Å². The molecule has 2 saturated heterocycles. The summed E-state index contributed by atoms with van der Waals surface area (Å²) >= 11 is 0. The van der Waals surface area contributed by atoms with Crippen molar-refractivity contribution in [1.29, 1.82) is 0 Å². The molecule has 0 spiro atoms. The van der Waals surface area contributed by atoms with E-state index >= 15 is 0 Å². The molecule has 180 valence electrons. The highest BCUT2D eigenvalue weighted by Crippen LogP contribution is 2.30. The Labute approximate surface area is 196 Å². The molecule has 3 fully saturated rings. The first-order valence-electron chi connectivity index (χ1n) is 12.3. The van der Waals surface area contributed by atoms with Gasteiger partial charge in [0.05, 0.1) is 12.8 Å². The summed E-state index contributed by atoms with van der Waals surface area (Å²) in [5, 5.41) is 2.98. The number of imide groups is 1. The molecule has 0 radical (unpaired) electrons. The number of nitrogens with zero attached hydrogens (tertiary/aromatic N) is 3. The second-order valence-electron chi connectivity index (χ2n) is 9.28. The number of rotatable bonds is 7. The molecule has 4 rings (SSSR count). The summed E-state index contributed by atoms with van der Waals surface area (Å²) in [5.41, 5.74) is 1.11. The van der Waals surface area contributed by atoms with Crippen molar-refractivity contribution in [3.8, 4) is 5.75 Å². The fourth-order valence-corrected chi connectivity index (χ4v) is 5.31. The average molecular weight is 457 g/mol. The maximum Gasteiger partial charge on any atom is 0.243 e. The Morgan fingerprint density at radius 3 is 2.48 bits per heavy atom. The molecule has 33 heavy (non-hydrogen) atoms. The quantitative estimate of drug-likeness (QED) is 0.633. The normalized spacial score (nSPS) is 22.5. The Morgan fingerprint density at radius 2 is 1.76 bits per heavy atom. The second-order valence-corrected chi connectivity index (χ2v) is 9.28. The first-order valence-corrected chi connectivity index (χ1v) is 12.3. The van der Waals surface area contributed by atoms with Crippen molar-refractivity contribution in [3.05, 3.63) is 24.3 Å². The number of likely N-dealkylation sites (tertiary alicyclic amines) is 1. The van der Waals surface area contributed by atoms with Crippen LogP contribution in [0.3, 0.4) is 0 Å². The SMILES string of the molecule is COc1ccccc1N1CCN(CCNC(=O)[C@@H]2CCC(=O)N2C(=O)C2CCCCC2)CC1. The molecule has 0 aromatic heterocycles. The fraction of sp³-hybridized carbons (Fsp3) is 0.640. The third-order valence-corrected chi connectivity index (χ3v) is 7.23. The molecule has 2 heterocycles. The average Bonchev–Trinajstić information content (AvgIpc) is 3.25. The topological polar surface area (TPSA) is 82.2 Å². The van der Waals surface area contributed by atoms with Gasteiger partial charge in [0, 0.05) is 51.6 Å². The van der Waals surface area contributed by atoms with Crippen molar-refractivity contribution < 1.29 is 19.1 Å². The summed E-state index contributed by atoms with van der Waals surface area (Å²) in [4.78, 5) is 44.1. The van der Waals surface area contributed by atoms with Crippen molar-refractivity contribution in [2.24, 2.45) is 5.92 Å². The summed E-state index contributed by atoms with van der Waals surface area (Å²) in [7, 11) is 1.69. The lowest BCUT2D eigenvalue weighted by atomic mass is 9.88. The van der Waals surface area contributed by atoms with Gasteiger partial charge >= 0.3 is 0 Å². The minimum Gasteiger partial charge on any atom is -0.495 e. The van der Waals surface area contributed by atoms with Crippen LogP contribution in [-0.4, -0.2) is 79.9 Å².